The maximum Gasteiger partial charge on any atom is 0.222 e. The van der Waals surface area contributed by atoms with E-state index in [1.54, 1.807) is 0 Å². The minimum Gasteiger partial charge on any atom is -0.381 e. The second-order valence-corrected chi connectivity index (χ2v) is 6.24. The lowest BCUT2D eigenvalue weighted by molar-refractivity contribution is -0.131. The lowest BCUT2D eigenvalue weighted by Gasteiger charge is -2.24. The molecule has 2 aliphatic rings. The molecule has 0 spiro atoms. The fourth-order valence-corrected chi connectivity index (χ4v) is 3.41. The van der Waals surface area contributed by atoms with Gasteiger partial charge in [0.15, 0.2) is 0 Å². The molecule has 2 atom stereocenters. The third-order valence-corrected chi connectivity index (χ3v) is 4.75. The Morgan fingerprint density at radius 3 is 2.55 bits per heavy atom. The van der Waals surface area contributed by atoms with Gasteiger partial charge < -0.3 is 15.4 Å². The van der Waals surface area contributed by atoms with Crippen LogP contribution in [0.3, 0.4) is 0 Å². The quantitative estimate of drug-likeness (QED) is 0.927. The first kappa shape index (κ1) is 17.3. The van der Waals surface area contributed by atoms with Gasteiger partial charge in [0.1, 0.15) is 0 Å². The molecule has 3 rings (SSSR count). The zero-order valence-corrected chi connectivity index (χ0v) is 13.6. The molecule has 0 unspecified atom stereocenters. The standard InChI is InChI=1S/C17H24N2O2.ClH/c18-16-12-19(11-15(16)14-4-2-1-3-5-14)17(20)10-13-6-8-21-9-7-13;/h1-5,13,15-16H,6-12,18H2;1H/t15-,16+;/m0./s1. The number of nitrogens with two attached hydrogens (primary N) is 1. The van der Waals surface area contributed by atoms with E-state index in [4.69, 9.17) is 10.5 Å². The predicted molar refractivity (Wildman–Crippen MR) is 89.1 cm³/mol. The maximum atomic E-state index is 12.5. The van der Waals surface area contributed by atoms with Gasteiger partial charge in [-0.1, -0.05) is 30.3 Å². The van der Waals surface area contributed by atoms with E-state index in [0.29, 0.717) is 18.9 Å². The normalized spacial score (nSPS) is 25.8. The van der Waals surface area contributed by atoms with Crippen molar-refractivity contribution in [2.75, 3.05) is 26.3 Å². The largest absolute Gasteiger partial charge is 0.381 e. The van der Waals surface area contributed by atoms with Crippen LogP contribution in [0.25, 0.3) is 0 Å². The molecule has 0 aliphatic carbocycles. The predicted octanol–water partition coefficient (Wildman–Crippen LogP) is 2.18. The fraction of sp³-hybridized carbons (Fsp3) is 0.588. The number of likely N-dealkylation sites (tertiary alicyclic amines) is 1. The van der Waals surface area contributed by atoms with Crippen LogP contribution in [0.5, 0.6) is 0 Å². The number of benzene rings is 1. The highest BCUT2D eigenvalue weighted by molar-refractivity contribution is 5.85. The first-order valence-electron chi connectivity index (χ1n) is 7.90. The molecule has 2 aliphatic heterocycles. The Morgan fingerprint density at radius 2 is 1.86 bits per heavy atom. The number of carbonyl (C=O) groups excluding carboxylic acids is 1. The molecule has 1 aromatic rings. The molecule has 2 saturated heterocycles. The lowest BCUT2D eigenvalue weighted by atomic mass is 9.95. The lowest BCUT2D eigenvalue weighted by Crippen LogP contribution is -2.33. The van der Waals surface area contributed by atoms with Crippen molar-refractivity contribution >= 4 is 18.3 Å². The van der Waals surface area contributed by atoms with E-state index in [2.05, 4.69) is 12.1 Å². The minimum atomic E-state index is 0. The summed E-state index contributed by atoms with van der Waals surface area (Å²) in [5.74, 6) is 1.01. The van der Waals surface area contributed by atoms with E-state index in [9.17, 15) is 4.79 Å². The van der Waals surface area contributed by atoms with Crippen molar-refractivity contribution in [3.8, 4) is 0 Å². The highest BCUT2D eigenvalue weighted by atomic mass is 35.5. The van der Waals surface area contributed by atoms with Crippen molar-refractivity contribution in [2.24, 2.45) is 11.7 Å². The van der Waals surface area contributed by atoms with Crippen LogP contribution in [-0.4, -0.2) is 43.2 Å². The minimum absolute atomic E-state index is 0. The summed E-state index contributed by atoms with van der Waals surface area (Å²) in [5.41, 5.74) is 7.50. The summed E-state index contributed by atoms with van der Waals surface area (Å²) in [6, 6.07) is 10.3. The summed E-state index contributed by atoms with van der Waals surface area (Å²) in [6.07, 6.45) is 2.67. The molecule has 2 heterocycles. The number of carbonyl (C=O) groups is 1. The van der Waals surface area contributed by atoms with Gasteiger partial charge in [0.05, 0.1) is 0 Å². The molecular formula is C17H25ClN2O2. The molecule has 4 nitrogen and oxygen atoms in total. The van der Waals surface area contributed by atoms with Crippen molar-refractivity contribution in [3.05, 3.63) is 35.9 Å². The highest BCUT2D eigenvalue weighted by Crippen LogP contribution is 2.28. The Morgan fingerprint density at radius 1 is 1.18 bits per heavy atom. The number of rotatable bonds is 3. The van der Waals surface area contributed by atoms with E-state index in [0.717, 1.165) is 32.6 Å². The van der Waals surface area contributed by atoms with Crippen molar-refractivity contribution in [2.45, 2.75) is 31.2 Å². The Kier molecular flexibility index (Phi) is 6.24. The average molecular weight is 325 g/mol. The van der Waals surface area contributed by atoms with E-state index in [-0.39, 0.29) is 30.3 Å². The molecular weight excluding hydrogens is 300 g/mol. The van der Waals surface area contributed by atoms with E-state index in [1.165, 1.54) is 5.56 Å². The van der Waals surface area contributed by atoms with Gasteiger partial charge in [0, 0.05) is 44.7 Å². The number of amides is 1. The second-order valence-electron chi connectivity index (χ2n) is 6.24. The molecule has 122 valence electrons. The zero-order chi connectivity index (χ0) is 14.7. The smallest absolute Gasteiger partial charge is 0.222 e. The van der Waals surface area contributed by atoms with E-state index < -0.39 is 0 Å². The number of halogens is 1. The van der Waals surface area contributed by atoms with Crippen LogP contribution in [0.2, 0.25) is 0 Å². The third kappa shape index (κ3) is 4.00. The molecule has 1 amide bonds. The van der Waals surface area contributed by atoms with Gasteiger partial charge in [-0.3, -0.25) is 4.79 Å². The zero-order valence-electron chi connectivity index (χ0n) is 12.8. The third-order valence-electron chi connectivity index (χ3n) is 4.75. The van der Waals surface area contributed by atoms with Gasteiger partial charge >= 0.3 is 0 Å². The topological polar surface area (TPSA) is 55.6 Å². The number of nitrogens with zero attached hydrogens (tertiary/aromatic N) is 1. The Labute approximate surface area is 138 Å². The first-order chi connectivity index (χ1) is 10.2. The molecule has 0 saturated carbocycles. The molecule has 0 aromatic heterocycles. The van der Waals surface area contributed by atoms with Gasteiger partial charge in [0.2, 0.25) is 5.91 Å². The summed E-state index contributed by atoms with van der Waals surface area (Å²) >= 11 is 0. The van der Waals surface area contributed by atoms with Crippen LogP contribution in [0.1, 0.15) is 30.7 Å². The van der Waals surface area contributed by atoms with Gasteiger partial charge in [-0.05, 0) is 24.3 Å². The van der Waals surface area contributed by atoms with Gasteiger partial charge in [-0.2, -0.15) is 0 Å². The van der Waals surface area contributed by atoms with Gasteiger partial charge in [-0.15, -0.1) is 12.4 Å². The van der Waals surface area contributed by atoms with Crippen LogP contribution in [0, 0.1) is 5.92 Å². The Bertz CT molecular complexity index is 477. The molecule has 0 bridgehead atoms. The highest BCUT2D eigenvalue weighted by Gasteiger charge is 2.34. The van der Waals surface area contributed by atoms with Crippen molar-refractivity contribution in [3.63, 3.8) is 0 Å². The van der Waals surface area contributed by atoms with Crippen LogP contribution in [0.15, 0.2) is 30.3 Å². The number of hydrogen-bond acceptors (Lipinski definition) is 3. The van der Waals surface area contributed by atoms with Crippen molar-refractivity contribution in [1.29, 1.82) is 0 Å². The Hall–Kier alpha value is -1.10. The number of ether oxygens (including phenoxy) is 1. The summed E-state index contributed by atoms with van der Waals surface area (Å²) in [4.78, 5) is 14.4. The Balaban J connectivity index is 0.00000176. The SMILES string of the molecule is Cl.N[C@@H]1CN(C(=O)CC2CCOCC2)C[C@H]1c1ccccc1. The molecule has 22 heavy (non-hydrogen) atoms. The van der Waals surface area contributed by atoms with Crippen LogP contribution in [0.4, 0.5) is 0 Å². The first-order valence-corrected chi connectivity index (χ1v) is 7.90. The van der Waals surface area contributed by atoms with Crippen LogP contribution >= 0.6 is 12.4 Å². The van der Waals surface area contributed by atoms with Gasteiger partial charge in [-0.25, -0.2) is 0 Å². The summed E-state index contributed by atoms with van der Waals surface area (Å²) < 4.78 is 5.35. The van der Waals surface area contributed by atoms with Crippen molar-refractivity contribution in [1.82, 2.24) is 4.90 Å². The average Bonchev–Trinajstić information content (AvgIpc) is 2.91. The molecule has 5 heteroatoms. The van der Waals surface area contributed by atoms with Crippen LogP contribution < -0.4 is 5.73 Å². The number of hydrogen-bond donors (Lipinski definition) is 1. The fourth-order valence-electron chi connectivity index (χ4n) is 3.41. The maximum absolute atomic E-state index is 12.5. The molecule has 2 fully saturated rings. The van der Waals surface area contributed by atoms with Crippen LogP contribution in [-0.2, 0) is 9.53 Å². The van der Waals surface area contributed by atoms with E-state index in [1.807, 2.05) is 23.1 Å². The summed E-state index contributed by atoms with van der Waals surface area (Å²) in [7, 11) is 0. The summed E-state index contributed by atoms with van der Waals surface area (Å²) in [5, 5.41) is 0. The molecule has 2 N–H and O–H groups in total. The van der Waals surface area contributed by atoms with Crippen molar-refractivity contribution < 1.29 is 9.53 Å². The monoisotopic (exact) mass is 324 g/mol. The van der Waals surface area contributed by atoms with E-state index >= 15 is 0 Å². The van der Waals surface area contributed by atoms with Gasteiger partial charge in [0.25, 0.3) is 0 Å². The summed E-state index contributed by atoms with van der Waals surface area (Å²) in [6.45, 7) is 3.03. The molecule has 0 radical (unpaired) electrons. The second kappa shape index (κ2) is 7.95. The molecule has 1 aromatic carbocycles.